The van der Waals surface area contributed by atoms with E-state index < -0.39 is 0 Å². The molecule has 0 radical (unpaired) electrons. The molecule has 1 fully saturated rings. The average molecular weight is 241 g/mol. The topological polar surface area (TPSA) is 58.0 Å². The summed E-state index contributed by atoms with van der Waals surface area (Å²) in [7, 11) is 0. The third kappa shape index (κ3) is 3.50. The monoisotopic (exact) mass is 241 g/mol. The third-order valence-corrected chi connectivity index (χ3v) is 3.81. The van der Waals surface area contributed by atoms with Crippen molar-refractivity contribution in [1.82, 2.24) is 14.9 Å². The fourth-order valence-electron chi connectivity index (χ4n) is 2.29. The van der Waals surface area contributed by atoms with E-state index in [1.165, 1.54) is 43.6 Å². The zero-order valence-electron chi connectivity index (χ0n) is 9.43. The number of aliphatic hydroxyl groups is 1. The van der Waals surface area contributed by atoms with Crippen LogP contribution in [0.5, 0.6) is 0 Å². The number of aromatic nitrogens is 2. The number of hydrogen-bond donors (Lipinski definition) is 2. The summed E-state index contributed by atoms with van der Waals surface area (Å²) in [4.78, 5) is 0. The Hall–Kier alpha value is -0.520. The molecule has 4 nitrogen and oxygen atoms in total. The summed E-state index contributed by atoms with van der Waals surface area (Å²) in [5.74, 6) is 0.495. The van der Waals surface area contributed by atoms with E-state index in [0.29, 0.717) is 19.0 Å². The molecule has 5 heteroatoms. The van der Waals surface area contributed by atoms with E-state index in [0.717, 1.165) is 5.69 Å². The van der Waals surface area contributed by atoms with E-state index in [1.54, 1.807) is 0 Å². The minimum absolute atomic E-state index is 0.202. The van der Waals surface area contributed by atoms with Gasteiger partial charge in [0.15, 0.2) is 0 Å². The van der Waals surface area contributed by atoms with Crippen LogP contribution in [-0.2, 0) is 6.54 Å². The van der Waals surface area contributed by atoms with Crippen molar-refractivity contribution in [1.29, 1.82) is 0 Å². The predicted octanol–water partition coefficient (Wildman–Crippen LogP) is 1.57. The number of nitrogens with zero attached hydrogens (tertiary/aromatic N) is 2. The lowest BCUT2D eigenvalue weighted by Gasteiger charge is -2.26. The molecule has 0 aliphatic heterocycles. The van der Waals surface area contributed by atoms with Crippen LogP contribution in [0.4, 0.5) is 0 Å². The minimum Gasteiger partial charge on any atom is -0.392 e. The molecule has 1 aliphatic carbocycles. The molecule has 1 aromatic rings. The molecular weight excluding hydrogens is 222 g/mol. The highest BCUT2D eigenvalue weighted by Crippen LogP contribution is 2.26. The van der Waals surface area contributed by atoms with Gasteiger partial charge in [-0.1, -0.05) is 23.8 Å². The van der Waals surface area contributed by atoms with Gasteiger partial charge in [0.1, 0.15) is 0 Å². The smallest absolute Gasteiger partial charge is 0.0893 e. The molecule has 1 unspecified atom stereocenters. The highest BCUT2D eigenvalue weighted by Gasteiger charge is 2.21. The average Bonchev–Trinajstić information content (AvgIpc) is 2.83. The number of rotatable bonds is 5. The molecule has 1 aromatic heterocycles. The van der Waals surface area contributed by atoms with Gasteiger partial charge in [0.05, 0.1) is 11.8 Å². The van der Waals surface area contributed by atoms with Gasteiger partial charge in [-0.3, -0.25) is 0 Å². The summed E-state index contributed by atoms with van der Waals surface area (Å²) >= 11 is 1.36. The Bertz CT molecular complexity index is 285. The van der Waals surface area contributed by atoms with E-state index in [2.05, 4.69) is 14.9 Å². The maximum atomic E-state index is 10.0. The second-order valence-corrected chi connectivity index (χ2v) is 5.10. The second-order valence-electron chi connectivity index (χ2n) is 4.49. The fraction of sp³-hybridized carbons (Fsp3) is 0.818. The quantitative estimate of drug-likeness (QED) is 0.821. The Morgan fingerprint density at radius 1 is 1.44 bits per heavy atom. The minimum atomic E-state index is -0.202. The lowest BCUT2D eigenvalue weighted by Crippen LogP contribution is -2.33. The Morgan fingerprint density at radius 3 is 2.94 bits per heavy atom. The summed E-state index contributed by atoms with van der Waals surface area (Å²) in [6.07, 6.45) is 6.05. The van der Waals surface area contributed by atoms with E-state index in [4.69, 9.17) is 0 Å². The van der Waals surface area contributed by atoms with E-state index in [-0.39, 0.29) is 6.10 Å². The highest BCUT2D eigenvalue weighted by atomic mass is 32.1. The summed E-state index contributed by atoms with van der Waals surface area (Å²) in [5, 5.41) is 19.1. The molecule has 1 heterocycles. The highest BCUT2D eigenvalue weighted by molar-refractivity contribution is 7.03. The largest absolute Gasteiger partial charge is 0.392 e. The van der Waals surface area contributed by atoms with Crippen LogP contribution in [0.3, 0.4) is 0 Å². The lowest BCUT2D eigenvalue weighted by molar-refractivity contribution is 0.0838. The van der Waals surface area contributed by atoms with Crippen LogP contribution >= 0.6 is 11.5 Å². The van der Waals surface area contributed by atoms with Crippen LogP contribution < -0.4 is 5.32 Å². The van der Waals surface area contributed by atoms with Gasteiger partial charge in [0, 0.05) is 18.5 Å². The van der Waals surface area contributed by atoms with Gasteiger partial charge in [0.2, 0.25) is 0 Å². The van der Waals surface area contributed by atoms with Gasteiger partial charge in [0.25, 0.3) is 0 Å². The Morgan fingerprint density at radius 2 is 2.25 bits per heavy atom. The Balaban J connectivity index is 1.65. The molecule has 90 valence electrons. The third-order valence-electron chi connectivity index (χ3n) is 3.26. The van der Waals surface area contributed by atoms with Crippen LogP contribution in [-0.4, -0.2) is 27.3 Å². The summed E-state index contributed by atoms with van der Waals surface area (Å²) in [6, 6.07) is 0. The zero-order chi connectivity index (χ0) is 11.2. The van der Waals surface area contributed by atoms with Crippen molar-refractivity contribution in [2.24, 2.45) is 5.92 Å². The Kier molecular flexibility index (Phi) is 4.69. The molecule has 1 aliphatic rings. The van der Waals surface area contributed by atoms with Crippen molar-refractivity contribution in [3.63, 3.8) is 0 Å². The number of nitrogens with one attached hydrogen (secondary N) is 1. The van der Waals surface area contributed by atoms with Crippen LogP contribution in [0.1, 0.15) is 37.8 Å². The van der Waals surface area contributed by atoms with Gasteiger partial charge < -0.3 is 10.4 Å². The first-order chi connectivity index (χ1) is 7.86. The van der Waals surface area contributed by atoms with Crippen LogP contribution in [0.2, 0.25) is 0 Å². The molecule has 1 atom stereocenters. The summed E-state index contributed by atoms with van der Waals surface area (Å²) in [6.45, 7) is 1.38. The second kappa shape index (κ2) is 6.27. The van der Waals surface area contributed by atoms with Gasteiger partial charge in [-0.25, -0.2) is 0 Å². The maximum absolute atomic E-state index is 10.0. The molecule has 16 heavy (non-hydrogen) atoms. The molecule has 0 spiro atoms. The SMILES string of the molecule is OC(CNCc1csnn1)C1CCCCC1. The lowest BCUT2D eigenvalue weighted by atomic mass is 9.85. The first kappa shape index (κ1) is 12.0. The normalized spacial score (nSPS) is 19.8. The zero-order valence-corrected chi connectivity index (χ0v) is 10.2. The van der Waals surface area contributed by atoms with Crippen molar-refractivity contribution in [3.8, 4) is 0 Å². The van der Waals surface area contributed by atoms with E-state index in [1.807, 2.05) is 5.38 Å². The number of hydrogen-bond acceptors (Lipinski definition) is 5. The van der Waals surface area contributed by atoms with Gasteiger partial charge >= 0.3 is 0 Å². The van der Waals surface area contributed by atoms with Crippen LogP contribution in [0.15, 0.2) is 5.38 Å². The molecule has 0 amide bonds. The van der Waals surface area contributed by atoms with Crippen LogP contribution in [0.25, 0.3) is 0 Å². The standard InChI is InChI=1S/C11H19N3OS/c15-11(9-4-2-1-3-5-9)7-12-6-10-8-16-14-13-10/h8-9,11-12,15H,1-7H2. The molecule has 2 rings (SSSR count). The van der Waals surface area contributed by atoms with Crippen molar-refractivity contribution >= 4 is 11.5 Å². The molecule has 2 N–H and O–H groups in total. The van der Waals surface area contributed by atoms with Crippen molar-refractivity contribution in [2.45, 2.75) is 44.8 Å². The fourth-order valence-corrected chi connectivity index (χ4v) is 2.75. The molecule has 0 aromatic carbocycles. The molecular formula is C11H19N3OS. The van der Waals surface area contributed by atoms with E-state index >= 15 is 0 Å². The first-order valence-electron chi connectivity index (χ1n) is 6.01. The van der Waals surface area contributed by atoms with Crippen molar-refractivity contribution < 1.29 is 5.11 Å². The van der Waals surface area contributed by atoms with Crippen molar-refractivity contribution in [2.75, 3.05) is 6.54 Å². The first-order valence-corrected chi connectivity index (χ1v) is 6.84. The molecule has 0 bridgehead atoms. The molecule has 1 saturated carbocycles. The summed E-state index contributed by atoms with van der Waals surface area (Å²) in [5.41, 5.74) is 0.959. The van der Waals surface area contributed by atoms with Crippen LogP contribution in [0, 0.1) is 5.92 Å². The van der Waals surface area contributed by atoms with Gasteiger partial charge in [-0.05, 0) is 30.3 Å². The molecule has 0 saturated heterocycles. The summed E-state index contributed by atoms with van der Waals surface area (Å²) < 4.78 is 3.80. The number of aliphatic hydroxyl groups excluding tert-OH is 1. The van der Waals surface area contributed by atoms with E-state index in [9.17, 15) is 5.11 Å². The van der Waals surface area contributed by atoms with Gasteiger partial charge in [-0.15, -0.1) is 5.10 Å². The Labute approximate surface area is 100 Å². The van der Waals surface area contributed by atoms with Gasteiger partial charge in [-0.2, -0.15) is 0 Å². The van der Waals surface area contributed by atoms with Crippen molar-refractivity contribution in [3.05, 3.63) is 11.1 Å². The maximum Gasteiger partial charge on any atom is 0.0893 e. The predicted molar refractivity (Wildman–Crippen MR) is 64.2 cm³/mol.